The van der Waals surface area contributed by atoms with E-state index in [4.69, 9.17) is 0 Å². The molecule has 0 aliphatic carbocycles. The van der Waals surface area contributed by atoms with Crippen LogP contribution < -0.4 is 0 Å². The third-order valence-corrected chi connectivity index (χ3v) is 3.49. The number of amides is 1. The first kappa shape index (κ1) is 11.2. The Morgan fingerprint density at radius 2 is 1.57 bits per heavy atom. The van der Waals surface area contributed by atoms with E-state index < -0.39 is 0 Å². The van der Waals surface area contributed by atoms with Gasteiger partial charge in [-0.05, 0) is 19.3 Å². The van der Waals surface area contributed by atoms with Gasteiger partial charge >= 0.3 is 0 Å². The minimum absolute atomic E-state index is 0.0206. The Kier molecular flexibility index (Phi) is 2.46. The van der Waals surface area contributed by atoms with Crippen molar-refractivity contribution >= 4 is 11.7 Å². The minimum atomic E-state index is -0.268. The highest BCUT2D eigenvalue weighted by molar-refractivity contribution is 6.05. The summed E-state index contributed by atoms with van der Waals surface area (Å²) in [6.07, 6.45) is 0.0828. The Morgan fingerprint density at radius 3 is 1.86 bits per heavy atom. The van der Waals surface area contributed by atoms with Crippen LogP contribution in [0.1, 0.15) is 41.0 Å². The van der Waals surface area contributed by atoms with E-state index in [0.29, 0.717) is 0 Å². The summed E-state index contributed by atoms with van der Waals surface area (Å²) in [4.78, 5) is 24.5. The molecule has 0 atom stereocenters. The molecule has 0 aromatic carbocycles. The number of ketones is 1. The number of Topliss-reactive ketones (excluding diaryl/α,β-unsaturated/α-hetero) is 1. The second-order valence-electron chi connectivity index (χ2n) is 5.50. The first-order valence-electron chi connectivity index (χ1n) is 4.98. The van der Waals surface area contributed by atoms with Gasteiger partial charge in [-0.3, -0.25) is 9.59 Å². The quantitative estimate of drug-likeness (QED) is 0.599. The molecule has 0 bridgehead atoms. The van der Waals surface area contributed by atoms with E-state index in [1.54, 1.807) is 4.90 Å². The Labute approximate surface area is 85.5 Å². The van der Waals surface area contributed by atoms with E-state index in [-0.39, 0.29) is 35.6 Å². The predicted molar refractivity (Wildman–Crippen MR) is 54.9 cm³/mol. The van der Waals surface area contributed by atoms with Crippen molar-refractivity contribution in [2.24, 2.45) is 5.41 Å². The van der Waals surface area contributed by atoms with Gasteiger partial charge in [0.2, 0.25) is 5.91 Å². The number of nitrogens with zero attached hydrogens (tertiary/aromatic N) is 1. The van der Waals surface area contributed by atoms with Gasteiger partial charge in [0.15, 0.2) is 5.78 Å². The van der Waals surface area contributed by atoms with Crippen molar-refractivity contribution in [2.45, 2.75) is 46.6 Å². The van der Waals surface area contributed by atoms with Crippen molar-refractivity contribution in [3.05, 3.63) is 0 Å². The van der Waals surface area contributed by atoms with Crippen molar-refractivity contribution in [3.63, 3.8) is 0 Å². The number of hydrogen-bond donors (Lipinski definition) is 0. The molecule has 3 nitrogen and oxygen atoms in total. The number of likely N-dealkylation sites (tertiary alicyclic amines) is 1. The van der Waals surface area contributed by atoms with Crippen LogP contribution in [-0.2, 0) is 9.59 Å². The highest BCUT2D eigenvalue weighted by Gasteiger charge is 2.44. The van der Waals surface area contributed by atoms with E-state index in [0.717, 1.165) is 0 Å². The Hall–Kier alpha value is -0.860. The third-order valence-electron chi connectivity index (χ3n) is 3.49. The number of carbonyl (C=O) groups is 2. The monoisotopic (exact) mass is 197 g/mol. The summed E-state index contributed by atoms with van der Waals surface area (Å²) < 4.78 is 0. The van der Waals surface area contributed by atoms with Crippen molar-refractivity contribution in [2.75, 3.05) is 6.54 Å². The van der Waals surface area contributed by atoms with Gasteiger partial charge in [-0.25, -0.2) is 0 Å². The van der Waals surface area contributed by atoms with Gasteiger partial charge in [-0.15, -0.1) is 0 Å². The molecule has 0 unspecified atom stereocenters. The number of hydrogen-bond acceptors (Lipinski definition) is 2. The van der Waals surface area contributed by atoms with Crippen molar-refractivity contribution in [3.8, 4) is 0 Å². The molecular formula is C11H19NO2. The lowest BCUT2D eigenvalue weighted by Gasteiger charge is -2.45. The summed E-state index contributed by atoms with van der Waals surface area (Å²) in [6, 6.07) is 0. The van der Waals surface area contributed by atoms with Crippen LogP contribution in [0.3, 0.4) is 0 Å². The first-order valence-corrected chi connectivity index (χ1v) is 4.98. The Balaban J connectivity index is 2.94. The fourth-order valence-electron chi connectivity index (χ4n) is 1.50. The van der Waals surface area contributed by atoms with E-state index in [1.165, 1.54) is 0 Å². The second kappa shape index (κ2) is 3.07. The van der Waals surface area contributed by atoms with Gasteiger partial charge < -0.3 is 4.90 Å². The lowest BCUT2D eigenvalue weighted by atomic mass is 9.75. The zero-order valence-corrected chi connectivity index (χ0v) is 9.68. The van der Waals surface area contributed by atoms with Crippen molar-refractivity contribution < 1.29 is 9.59 Å². The third kappa shape index (κ3) is 1.68. The molecule has 1 amide bonds. The van der Waals surface area contributed by atoms with Crippen LogP contribution >= 0.6 is 0 Å². The van der Waals surface area contributed by atoms with E-state index in [9.17, 15) is 9.59 Å². The van der Waals surface area contributed by atoms with Gasteiger partial charge in [0.1, 0.15) is 0 Å². The lowest BCUT2D eigenvalue weighted by Crippen LogP contribution is -2.53. The molecule has 1 saturated heterocycles. The summed E-state index contributed by atoms with van der Waals surface area (Å²) in [5.41, 5.74) is -0.288. The molecule has 0 radical (unpaired) electrons. The highest BCUT2D eigenvalue weighted by Crippen LogP contribution is 2.36. The molecule has 0 saturated carbocycles. The zero-order chi connectivity index (χ0) is 11.1. The smallest absolute Gasteiger partial charge is 0.230 e. The van der Waals surface area contributed by atoms with Gasteiger partial charge in [-0.2, -0.15) is 0 Å². The summed E-state index contributed by atoms with van der Waals surface area (Å²) >= 11 is 0. The first-order chi connectivity index (χ1) is 6.16. The van der Waals surface area contributed by atoms with Gasteiger partial charge in [0, 0.05) is 5.54 Å². The molecule has 14 heavy (non-hydrogen) atoms. The zero-order valence-electron chi connectivity index (χ0n) is 9.68. The molecule has 1 rings (SSSR count). The molecular weight excluding hydrogens is 178 g/mol. The maximum absolute atomic E-state index is 11.6. The van der Waals surface area contributed by atoms with Crippen LogP contribution in [0.25, 0.3) is 0 Å². The minimum Gasteiger partial charge on any atom is -0.329 e. The van der Waals surface area contributed by atoms with Crippen LogP contribution in [0.2, 0.25) is 0 Å². The van der Waals surface area contributed by atoms with Crippen LogP contribution in [-0.4, -0.2) is 28.7 Å². The molecule has 0 spiro atoms. The molecule has 0 aromatic rings. The van der Waals surface area contributed by atoms with E-state index in [1.807, 2.05) is 13.8 Å². The van der Waals surface area contributed by atoms with Crippen LogP contribution in [0, 0.1) is 5.41 Å². The van der Waals surface area contributed by atoms with Crippen molar-refractivity contribution in [1.82, 2.24) is 4.90 Å². The molecule has 3 heteroatoms. The van der Waals surface area contributed by atoms with Gasteiger partial charge in [0.05, 0.1) is 13.0 Å². The summed E-state index contributed by atoms with van der Waals surface area (Å²) in [7, 11) is 0. The van der Waals surface area contributed by atoms with E-state index >= 15 is 0 Å². The fourth-order valence-corrected chi connectivity index (χ4v) is 1.50. The van der Waals surface area contributed by atoms with Crippen LogP contribution in [0.15, 0.2) is 0 Å². The second-order valence-corrected chi connectivity index (χ2v) is 5.50. The molecule has 1 fully saturated rings. The molecule has 0 aromatic heterocycles. The van der Waals surface area contributed by atoms with Crippen LogP contribution in [0.4, 0.5) is 0 Å². The van der Waals surface area contributed by atoms with Crippen molar-refractivity contribution in [1.29, 1.82) is 0 Å². The summed E-state index contributed by atoms with van der Waals surface area (Å²) in [5.74, 6) is 0.00208. The maximum atomic E-state index is 11.6. The SMILES string of the molecule is CC(C)(C)C(C)(C)N1CC(=O)CC1=O. The molecule has 1 heterocycles. The average Bonchev–Trinajstić information content (AvgIpc) is 2.27. The lowest BCUT2D eigenvalue weighted by molar-refractivity contribution is -0.136. The maximum Gasteiger partial charge on any atom is 0.230 e. The number of carbonyl (C=O) groups excluding carboxylic acids is 2. The van der Waals surface area contributed by atoms with Gasteiger partial charge in [0.25, 0.3) is 0 Å². The topological polar surface area (TPSA) is 37.4 Å². The molecule has 0 N–H and O–H groups in total. The standard InChI is InChI=1S/C11H19NO2/c1-10(2,3)11(4,5)12-7-8(13)6-9(12)14/h6-7H2,1-5H3. The molecule has 80 valence electrons. The summed E-state index contributed by atoms with van der Waals surface area (Å²) in [5, 5.41) is 0. The average molecular weight is 197 g/mol. The number of rotatable bonds is 1. The summed E-state index contributed by atoms with van der Waals surface area (Å²) in [6.45, 7) is 10.6. The Bertz CT molecular complexity index is 274. The van der Waals surface area contributed by atoms with Crippen LogP contribution in [0.5, 0.6) is 0 Å². The van der Waals surface area contributed by atoms with Gasteiger partial charge in [-0.1, -0.05) is 20.8 Å². The highest BCUT2D eigenvalue weighted by atomic mass is 16.2. The largest absolute Gasteiger partial charge is 0.329 e. The molecule has 1 aliphatic heterocycles. The molecule has 1 aliphatic rings. The Morgan fingerprint density at radius 1 is 1.07 bits per heavy atom. The van der Waals surface area contributed by atoms with E-state index in [2.05, 4.69) is 20.8 Å². The normalized spacial score (nSPS) is 19.4. The fraction of sp³-hybridized carbons (Fsp3) is 0.818. The predicted octanol–water partition coefficient (Wildman–Crippen LogP) is 1.61.